The molecule has 17 heteroatoms. The first-order valence-electron chi connectivity index (χ1n) is 12.7. The SMILES string of the molecule is O=C(C[C@@H]1CCc2cc(C(O)(C(F)(F)F)C(F)(F)F)ccc2N1S(=O)(=O)c1ccc(F)cc1)N[C@@H](CO)Cc1cnc[nH]1. The van der Waals surface area contributed by atoms with Crippen molar-refractivity contribution in [3.05, 3.63) is 77.6 Å². The smallest absolute Gasteiger partial charge is 0.394 e. The maximum absolute atomic E-state index is 13.8. The fraction of sp³-hybridized carbons (Fsp3) is 0.385. The van der Waals surface area contributed by atoms with Crippen LogP contribution in [0, 0.1) is 5.82 Å². The van der Waals surface area contributed by atoms with E-state index < -0.39 is 75.3 Å². The van der Waals surface area contributed by atoms with E-state index >= 15 is 0 Å². The Hall–Kier alpha value is -3.70. The Labute approximate surface area is 240 Å². The van der Waals surface area contributed by atoms with Crippen LogP contribution in [0.25, 0.3) is 0 Å². The van der Waals surface area contributed by atoms with E-state index in [9.17, 15) is 54.2 Å². The molecule has 43 heavy (non-hydrogen) atoms. The van der Waals surface area contributed by atoms with Crippen LogP contribution in [0.4, 0.5) is 36.4 Å². The maximum Gasteiger partial charge on any atom is 0.430 e. The number of anilines is 1. The average Bonchev–Trinajstić information content (AvgIpc) is 3.43. The van der Waals surface area contributed by atoms with Crippen molar-refractivity contribution in [2.75, 3.05) is 10.9 Å². The van der Waals surface area contributed by atoms with E-state index in [4.69, 9.17) is 0 Å². The minimum atomic E-state index is -6.16. The third kappa shape index (κ3) is 6.33. The number of carbonyl (C=O) groups is 1. The molecule has 0 radical (unpaired) electrons. The Bertz CT molecular complexity index is 1530. The number of nitrogens with one attached hydrogen (secondary N) is 2. The molecule has 0 unspecified atom stereocenters. The number of imidazole rings is 1. The van der Waals surface area contributed by atoms with Gasteiger partial charge in [0.25, 0.3) is 15.6 Å². The minimum Gasteiger partial charge on any atom is -0.394 e. The summed E-state index contributed by atoms with van der Waals surface area (Å²) in [6, 6.07) is 3.01. The van der Waals surface area contributed by atoms with Gasteiger partial charge in [0.15, 0.2) is 0 Å². The van der Waals surface area contributed by atoms with Crippen molar-refractivity contribution in [1.29, 1.82) is 0 Å². The maximum atomic E-state index is 13.8. The van der Waals surface area contributed by atoms with Gasteiger partial charge in [-0.25, -0.2) is 17.8 Å². The number of amides is 1. The van der Waals surface area contributed by atoms with Crippen molar-refractivity contribution < 1.29 is 54.2 Å². The molecular weight excluding hydrogens is 613 g/mol. The molecule has 3 aromatic rings. The summed E-state index contributed by atoms with van der Waals surface area (Å²) in [6.07, 6.45) is -10.3. The number of benzene rings is 2. The van der Waals surface area contributed by atoms with E-state index in [0.29, 0.717) is 28.2 Å². The molecule has 1 amide bonds. The summed E-state index contributed by atoms with van der Waals surface area (Å²) in [7, 11) is -4.65. The summed E-state index contributed by atoms with van der Waals surface area (Å²) in [5.74, 6) is -1.48. The molecule has 4 N–H and O–H groups in total. The summed E-state index contributed by atoms with van der Waals surface area (Å²) < 4.78 is 123. The number of sulfonamides is 1. The first kappa shape index (κ1) is 32.2. The van der Waals surface area contributed by atoms with Gasteiger partial charge in [-0.3, -0.25) is 9.10 Å². The summed E-state index contributed by atoms with van der Waals surface area (Å²) in [4.78, 5) is 19.2. The number of aromatic amines is 1. The molecule has 0 spiro atoms. The highest BCUT2D eigenvalue weighted by molar-refractivity contribution is 7.92. The summed E-state index contributed by atoms with van der Waals surface area (Å²) in [5, 5.41) is 22.1. The molecule has 1 aromatic heterocycles. The van der Waals surface area contributed by atoms with E-state index in [1.807, 2.05) is 0 Å². The van der Waals surface area contributed by atoms with Gasteiger partial charge in [0.1, 0.15) is 5.82 Å². The summed E-state index contributed by atoms with van der Waals surface area (Å²) in [5.41, 5.74) is -6.80. The average molecular weight is 639 g/mol. The Balaban J connectivity index is 1.73. The second kappa shape index (κ2) is 11.8. The number of alkyl halides is 6. The van der Waals surface area contributed by atoms with Crippen molar-refractivity contribution in [3.8, 4) is 0 Å². The van der Waals surface area contributed by atoms with E-state index in [1.165, 1.54) is 12.5 Å². The van der Waals surface area contributed by atoms with Gasteiger partial charge in [-0.1, -0.05) is 12.1 Å². The Morgan fingerprint density at radius 3 is 2.30 bits per heavy atom. The third-order valence-corrected chi connectivity index (χ3v) is 8.91. The van der Waals surface area contributed by atoms with Crippen molar-refractivity contribution in [3.63, 3.8) is 0 Å². The van der Waals surface area contributed by atoms with Crippen LogP contribution in [-0.4, -0.2) is 65.5 Å². The highest BCUT2D eigenvalue weighted by atomic mass is 32.2. The van der Waals surface area contributed by atoms with Crippen LogP contribution in [0.2, 0.25) is 0 Å². The van der Waals surface area contributed by atoms with Crippen molar-refractivity contribution in [2.24, 2.45) is 0 Å². The van der Waals surface area contributed by atoms with Gasteiger partial charge >= 0.3 is 12.4 Å². The zero-order chi connectivity index (χ0) is 31.8. The van der Waals surface area contributed by atoms with E-state index in [2.05, 4.69) is 15.3 Å². The van der Waals surface area contributed by atoms with Crippen LogP contribution < -0.4 is 9.62 Å². The monoisotopic (exact) mass is 638 g/mol. The van der Waals surface area contributed by atoms with Gasteiger partial charge in [0.05, 0.1) is 35.6 Å². The second-order valence-corrected chi connectivity index (χ2v) is 11.7. The Kier molecular flexibility index (Phi) is 8.82. The third-order valence-electron chi connectivity index (χ3n) is 7.03. The van der Waals surface area contributed by atoms with E-state index in [-0.39, 0.29) is 30.5 Å². The summed E-state index contributed by atoms with van der Waals surface area (Å²) in [6.45, 7) is -0.486. The molecule has 9 nitrogen and oxygen atoms in total. The standard InChI is InChI=1S/C26H25F7N4O5S/c27-17-3-6-21(7-4-17)43(41,42)37-20(11-23(39)36-19(13-38)10-18-12-34-14-35-18)5-1-15-9-16(2-8-22(15)37)24(40,25(28,29)30)26(31,32)33/h2-4,6-9,12,14,19-20,38,40H,1,5,10-11,13H2,(H,34,35)(H,36,39)/t19-,20+/m1/s1. The minimum absolute atomic E-state index is 0.150. The Morgan fingerprint density at radius 2 is 1.74 bits per heavy atom. The normalized spacial score (nSPS) is 17.0. The molecule has 234 valence electrons. The molecule has 0 fully saturated rings. The van der Waals surface area contributed by atoms with Crippen LogP contribution >= 0.6 is 0 Å². The second-order valence-electron chi connectivity index (χ2n) is 9.93. The van der Waals surface area contributed by atoms with Gasteiger partial charge in [0, 0.05) is 30.3 Å². The summed E-state index contributed by atoms with van der Waals surface area (Å²) >= 11 is 0. The predicted octanol–water partition coefficient (Wildman–Crippen LogP) is 3.48. The fourth-order valence-corrected chi connectivity index (χ4v) is 6.62. The number of hydrogen-bond donors (Lipinski definition) is 4. The molecule has 2 heterocycles. The molecule has 2 aromatic carbocycles. The van der Waals surface area contributed by atoms with Gasteiger partial charge in [-0.2, -0.15) is 26.3 Å². The molecule has 0 saturated carbocycles. The predicted molar refractivity (Wildman–Crippen MR) is 137 cm³/mol. The highest BCUT2D eigenvalue weighted by Crippen LogP contribution is 2.51. The highest BCUT2D eigenvalue weighted by Gasteiger charge is 2.71. The molecule has 2 atom stereocenters. The lowest BCUT2D eigenvalue weighted by molar-refractivity contribution is -0.376. The molecule has 1 aliphatic rings. The zero-order valence-electron chi connectivity index (χ0n) is 22.0. The number of halogens is 7. The first-order chi connectivity index (χ1) is 20.0. The van der Waals surface area contributed by atoms with Crippen molar-refractivity contribution in [2.45, 2.75) is 60.6 Å². The van der Waals surface area contributed by atoms with Crippen molar-refractivity contribution >= 4 is 21.6 Å². The number of nitrogens with zero attached hydrogens (tertiary/aromatic N) is 2. The van der Waals surface area contributed by atoms with Gasteiger partial charge < -0.3 is 20.5 Å². The van der Waals surface area contributed by atoms with Crippen LogP contribution in [-0.2, 0) is 33.3 Å². The molecule has 4 rings (SSSR count). The van der Waals surface area contributed by atoms with Crippen LogP contribution in [0.5, 0.6) is 0 Å². The van der Waals surface area contributed by atoms with Gasteiger partial charge in [-0.05, 0) is 48.7 Å². The topological polar surface area (TPSA) is 136 Å². The number of aromatic nitrogens is 2. The van der Waals surface area contributed by atoms with Gasteiger partial charge in [0.2, 0.25) is 5.91 Å². The number of rotatable bonds is 9. The fourth-order valence-electron chi connectivity index (χ4n) is 4.90. The van der Waals surface area contributed by atoms with Crippen molar-refractivity contribution in [1.82, 2.24) is 15.3 Å². The molecule has 0 aliphatic carbocycles. The lowest BCUT2D eigenvalue weighted by Gasteiger charge is -2.39. The number of aryl methyl sites for hydroxylation is 1. The lowest BCUT2D eigenvalue weighted by atomic mass is 9.87. The lowest BCUT2D eigenvalue weighted by Crippen LogP contribution is -2.54. The zero-order valence-corrected chi connectivity index (χ0v) is 22.8. The number of H-pyrrole nitrogens is 1. The molecule has 0 saturated heterocycles. The number of carbonyl (C=O) groups excluding carboxylic acids is 1. The van der Waals surface area contributed by atoms with Crippen LogP contribution in [0.3, 0.4) is 0 Å². The Morgan fingerprint density at radius 1 is 1.09 bits per heavy atom. The largest absolute Gasteiger partial charge is 0.430 e. The quantitative estimate of drug-likeness (QED) is 0.265. The number of hydrogen-bond acceptors (Lipinski definition) is 6. The number of aliphatic hydroxyl groups excluding tert-OH is 1. The molecular formula is C26H25F7N4O5S. The van der Waals surface area contributed by atoms with Crippen LogP contribution in [0.15, 0.2) is 59.9 Å². The first-order valence-corrected chi connectivity index (χ1v) is 14.1. The number of aliphatic hydroxyl groups is 2. The number of fused-ring (bicyclic) bond motifs is 1. The van der Waals surface area contributed by atoms with E-state index in [0.717, 1.165) is 24.3 Å². The van der Waals surface area contributed by atoms with Crippen LogP contribution in [0.1, 0.15) is 29.7 Å². The van der Waals surface area contributed by atoms with E-state index in [1.54, 1.807) is 0 Å². The van der Waals surface area contributed by atoms with Gasteiger partial charge in [-0.15, -0.1) is 0 Å². The molecule has 1 aliphatic heterocycles. The molecule has 0 bridgehead atoms.